The van der Waals surface area contributed by atoms with Gasteiger partial charge < -0.3 is 9.30 Å². The molecule has 4 nitrogen and oxygen atoms in total. The van der Waals surface area contributed by atoms with E-state index in [0.29, 0.717) is 0 Å². The van der Waals surface area contributed by atoms with E-state index in [9.17, 15) is 0 Å². The molecule has 0 aliphatic rings. The van der Waals surface area contributed by atoms with Gasteiger partial charge in [0, 0.05) is 36.3 Å². The fourth-order valence-corrected chi connectivity index (χ4v) is 4.63. The summed E-state index contributed by atoms with van der Waals surface area (Å²) in [5.41, 5.74) is 5.91. The van der Waals surface area contributed by atoms with Crippen LogP contribution < -0.4 is 4.74 Å². The van der Waals surface area contributed by atoms with Gasteiger partial charge in [-0.1, -0.05) is 99.1 Å². The smallest absolute Gasteiger partial charge is 0.140 e. The highest BCUT2D eigenvalue weighted by Crippen LogP contribution is 2.31. The largest absolute Gasteiger partial charge is 0.496 e. The van der Waals surface area contributed by atoms with Gasteiger partial charge in [-0.05, 0) is 25.5 Å². The number of benzene rings is 3. The second-order valence-corrected chi connectivity index (χ2v) is 8.99. The van der Waals surface area contributed by atoms with Gasteiger partial charge in [-0.2, -0.15) is 0 Å². The number of unbranched alkanes of at least 4 members (excludes halogenated alkanes) is 1. The number of hydrogen-bond acceptors (Lipinski definition) is 3. The van der Waals surface area contributed by atoms with Gasteiger partial charge in [0.2, 0.25) is 0 Å². The van der Waals surface area contributed by atoms with E-state index in [4.69, 9.17) is 9.72 Å². The molecule has 0 saturated heterocycles. The van der Waals surface area contributed by atoms with Crippen LogP contribution in [-0.4, -0.2) is 28.1 Å². The first kappa shape index (κ1) is 24.7. The van der Waals surface area contributed by atoms with Gasteiger partial charge in [-0.25, -0.2) is 4.98 Å². The molecule has 0 atom stereocenters. The quantitative estimate of drug-likeness (QED) is 0.217. The number of rotatable bonds is 12. The Morgan fingerprint density at radius 3 is 2.09 bits per heavy atom. The summed E-state index contributed by atoms with van der Waals surface area (Å²) >= 11 is 0. The molecule has 35 heavy (non-hydrogen) atoms. The summed E-state index contributed by atoms with van der Waals surface area (Å²) in [5.74, 6) is 2.00. The van der Waals surface area contributed by atoms with Crippen LogP contribution in [0.5, 0.6) is 5.75 Å². The molecule has 0 spiro atoms. The molecule has 3 aromatic carbocycles. The van der Waals surface area contributed by atoms with Crippen LogP contribution in [0.3, 0.4) is 0 Å². The van der Waals surface area contributed by atoms with Crippen molar-refractivity contribution in [2.75, 3.05) is 13.7 Å². The lowest BCUT2D eigenvalue weighted by molar-refractivity contribution is 0.242. The molecular formula is C31H37N3O. The fraction of sp³-hybridized carbons (Fsp3) is 0.323. The van der Waals surface area contributed by atoms with Gasteiger partial charge in [0.1, 0.15) is 11.6 Å². The zero-order valence-electron chi connectivity index (χ0n) is 21.3. The van der Waals surface area contributed by atoms with Crippen molar-refractivity contribution in [2.24, 2.45) is 0 Å². The van der Waals surface area contributed by atoms with E-state index in [1.54, 1.807) is 7.11 Å². The normalized spacial score (nSPS) is 11.2. The molecular weight excluding hydrogens is 430 g/mol. The van der Waals surface area contributed by atoms with Crippen molar-refractivity contribution < 1.29 is 4.74 Å². The molecule has 0 amide bonds. The fourth-order valence-electron chi connectivity index (χ4n) is 4.63. The van der Waals surface area contributed by atoms with Gasteiger partial charge in [-0.15, -0.1) is 0 Å². The minimum Gasteiger partial charge on any atom is -0.496 e. The first-order valence-electron chi connectivity index (χ1n) is 12.8. The lowest BCUT2D eigenvalue weighted by Gasteiger charge is -2.25. The Kier molecular flexibility index (Phi) is 8.74. The SMILES string of the molecule is CCCCN(Cc1ccccc1OC)Cc1c(-c2ccccc2)nc(-c2ccccc2)n1CCC. The third-order valence-electron chi connectivity index (χ3n) is 6.39. The lowest BCUT2D eigenvalue weighted by atomic mass is 10.1. The second-order valence-electron chi connectivity index (χ2n) is 8.99. The number of methoxy groups -OCH3 is 1. The third-order valence-corrected chi connectivity index (χ3v) is 6.39. The Hall–Kier alpha value is -3.37. The maximum atomic E-state index is 5.67. The summed E-state index contributed by atoms with van der Waals surface area (Å²) in [7, 11) is 1.76. The van der Waals surface area contributed by atoms with Crippen molar-refractivity contribution in [3.8, 4) is 28.4 Å². The van der Waals surface area contributed by atoms with E-state index in [0.717, 1.165) is 68.3 Å². The summed E-state index contributed by atoms with van der Waals surface area (Å²) in [5, 5.41) is 0. The summed E-state index contributed by atoms with van der Waals surface area (Å²) in [6.07, 6.45) is 3.37. The highest BCUT2D eigenvalue weighted by molar-refractivity contribution is 5.68. The number of nitrogens with zero attached hydrogens (tertiary/aromatic N) is 3. The predicted octanol–water partition coefficient (Wildman–Crippen LogP) is 7.44. The highest BCUT2D eigenvalue weighted by atomic mass is 16.5. The monoisotopic (exact) mass is 467 g/mol. The van der Waals surface area contributed by atoms with E-state index in [2.05, 4.69) is 102 Å². The van der Waals surface area contributed by atoms with E-state index in [-0.39, 0.29) is 0 Å². The van der Waals surface area contributed by atoms with Crippen LogP contribution in [-0.2, 0) is 19.6 Å². The number of aromatic nitrogens is 2. The Morgan fingerprint density at radius 1 is 0.771 bits per heavy atom. The predicted molar refractivity (Wildman–Crippen MR) is 145 cm³/mol. The van der Waals surface area contributed by atoms with Crippen molar-refractivity contribution in [1.82, 2.24) is 14.5 Å². The topological polar surface area (TPSA) is 30.3 Å². The molecule has 0 aliphatic carbocycles. The van der Waals surface area contributed by atoms with Crippen LogP contribution >= 0.6 is 0 Å². The zero-order chi connectivity index (χ0) is 24.5. The molecule has 0 bridgehead atoms. The van der Waals surface area contributed by atoms with E-state index in [1.807, 2.05) is 6.07 Å². The number of hydrogen-bond donors (Lipinski definition) is 0. The van der Waals surface area contributed by atoms with E-state index < -0.39 is 0 Å². The van der Waals surface area contributed by atoms with Crippen LogP contribution in [0.2, 0.25) is 0 Å². The Morgan fingerprint density at radius 2 is 1.43 bits per heavy atom. The van der Waals surface area contributed by atoms with E-state index >= 15 is 0 Å². The first-order valence-corrected chi connectivity index (χ1v) is 12.8. The molecule has 1 aromatic heterocycles. The van der Waals surface area contributed by atoms with Crippen LogP contribution in [0.1, 0.15) is 44.4 Å². The number of para-hydroxylation sites is 1. The average Bonchev–Trinajstić information content (AvgIpc) is 3.26. The van der Waals surface area contributed by atoms with Crippen molar-refractivity contribution in [3.05, 3.63) is 96.2 Å². The summed E-state index contributed by atoms with van der Waals surface area (Å²) in [6.45, 7) is 8.14. The van der Waals surface area contributed by atoms with Crippen molar-refractivity contribution in [3.63, 3.8) is 0 Å². The minimum atomic E-state index is 0.835. The van der Waals surface area contributed by atoms with Crippen LogP contribution in [0, 0.1) is 0 Å². The maximum Gasteiger partial charge on any atom is 0.140 e. The van der Waals surface area contributed by atoms with Gasteiger partial charge in [0.05, 0.1) is 18.5 Å². The maximum absolute atomic E-state index is 5.67. The van der Waals surface area contributed by atoms with Gasteiger partial charge in [0.15, 0.2) is 0 Å². The highest BCUT2D eigenvalue weighted by Gasteiger charge is 2.22. The molecule has 1 heterocycles. The Bertz CT molecular complexity index is 1180. The molecule has 4 rings (SSSR count). The third kappa shape index (κ3) is 6.01. The standard InChI is InChI=1S/C31H37N3O/c1-4-6-22-33(23-27-19-13-14-20-29(27)35-3)24-28-30(25-15-9-7-10-16-25)32-31(34(28)21-5-2)26-17-11-8-12-18-26/h7-20H,4-6,21-24H2,1-3H3. The van der Waals surface area contributed by atoms with Crippen LogP contribution in [0.4, 0.5) is 0 Å². The molecule has 0 N–H and O–H groups in total. The molecule has 0 saturated carbocycles. The molecule has 4 heteroatoms. The molecule has 0 radical (unpaired) electrons. The van der Waals surface area contributed by atoms with Crippen molar-refractivity contribution in [1.29, 1.82) is 0 Å². The second kappa shape index (κ2) is 12.4. The van der Waals surface area contributed by atoms with Crippen LogP contribution in [0.15, 0.2) is 84.9 Å². The molecule has 4 aromatic rings. The summed E-state index contributed by atoms with van der Waals surface area (Å²) in [4.78, 5) is 7.80. The number of imidazole rings is 1. The summed E-state index contributed by atoms with van der Waals surface area (Å²) < 4.78 is 8.12. The Balaban J connectivity index is 1.79. The average molecular weight is 468 g/mol. The molecule has 0 fully saturated rings. The van der Waals surface area contributed by atoms with Crippen molar-refractivity contribution in [2.45, 2.75) is 52.7 Å². The zero-order valence-corrected chi connectivity index (χ0v) is 21.3. The van der Waals surface area contributed by atoms with Gasteiger partial charge in [-0.3, -0.25) is 4.90 Å². The van der Waals surface area contributed by atoms with E-state index in [1.165, 1.54) is 16.8 Å². The van der Waals surface area contributed by atoms with Crippen molar-refractivity contribution >= 4 is 0 Å². The minimum absolute atomic E-state index is 0.835. The molecule has 182 valence electrons. The Labute approximate surface area is 210 Å². The van der Waals surface area contributed by atoms with Gasteiger partial charge >= 0.3 is 0 Å². The summed E-state index contributed by atoms with van der Waals surface area (Å²) in [6, 6.07) is 29.6. The van der Waals surface area contributed by atoms with Gasteiger partial charge in [0.25, 0.3) is 0 Å². The number of ether oxygens (including phenoxy) is 1. The van der Waals surface area contributed by atoms with Crippen LogP contribution in [0.25, 0.3) is 22.6 Å². The molecule has 0 aliphatic heterocycles. The first-order chi connectivity index (χ1) is 17.2. The molecule has 0 unspecified atom stereocenters. The lowest BCUT2D eigenvalue weighted by Crippen LogP contribution is -2.26.